The van der Waals surface area contributed by atoms with E-state index in [1.807, 2.05) is 0 Å². The zero-order chi connectivity index (χ0) is 12.5. The molecule has 0 radical (unpaired) electrons. The Balaban J connectivity index is 2.10. The highest BCUT2D eigenvalue weighted by Crippen LogP contribution is 2.10. The molecule has 0 amide bonds. The van der Waals surface area contributed by atoms with Crippen molar-refractivity contribution in [3.63, 3.8) is 0 Å². The minimum absolute atomic E-state index is 0.589. The Hall–Kier alpha value is -0.340. The molecule has 1 nitrogen and oxygen atoms in total. The van der Waals surface area contributed by atoms with Crippen LogP contribution in [0.4, 0.5) is 0 Å². The van der Waals surface area contributed by atoms with Crippen molar-refractivity contribution in [1.29, 1.82) is 0 Å². The third-order valence-electron chi connectivity index (χ3n) is 3.18. The summed E-state index contributed by atoms with van der Waals surface area (Å²) in [6.45, 7) is 6.88. The second kappa shape index (κ2) is 8.71. The summed E-state index contributed by atoms with van der Waals surface area (Å²) < 4.78 is 0. The lowest BCUT2D eigenvalue weighted by molar-refractivity contribution is 0.428. The van der Waals surface area contributed by atoms with E-state index in [0.717, 1.165) is 6.42 Å². The lowest BCUT2D eigenvalue weighted by Crippen LogP contribution is -2.35. The summed E-state index contributed by atoms with van der Waals surface area (Å²) in [6.07, 6.45) is 7.94. The predicted octanol–water partition coefficient (Wildman–Crippen LogP) is 4.63. The van der Waals surface area contributed by atoms with Gasteiger partial charge in [0.15, 0.2) is 0 Å². The molecule has 0 aliphatic heterocycles. The fourth-order valence-electron chi connectivity index (χ4n) is 2.27. The molecule has 1 N–H and O–H groups in total. The van der Waals surface area contributed by atoms with Crippen LogP contribution in [-0.4, -0.2) is 12.1 Å². The van der Waals surface area contributed by atoms with E-state index in [0.29, 0.717) is 12.1 Å². The third kappa shape index (κ3) is 6.85. The molecule has 2 atom stereocenters. The average Bonchev–Trinajstić information content (AvgIpc) is 2.77. The van der Waals surface area contributed by atoms with E-state index < -0.39 is 0 Å². The average molecular weight is 253 g/mol. The lowest BCUT2D eigenvalue weighted by atomic mass is 10.1. The van der Waals surface area contributed by atoms with Crippen LogP contribution >= 0.6 is 11.3 Å². The molecule has 1 aromatic heterocycles. The van der Waals surface area contributed by atoms with Crippen LogP contribution in [0.15, 0.2) is 16.8 Å². The summed E-state index contributed by atoms with van der Waals surface area (Å²) in [7, 11) is 0. The van der Waals surface area contributed by atoms with E-state index in [9.17, 15) is 0 Å². The fourth-order valence-corrected chi connectivity index (χ4v) is 2.95. The number of rotatable bonds is 9. The van der Waals surface area contributed by atoms with Gasteiger partial charge in [-0.3, -0.25) is 0 Å². The first-order valence-electron chi connectivity index (χ1n) is 6.99. The molecule has 0 bridgehead atoms. The van der Waals surface area contributed by atoms with Gasteiger partial charge >= 0.3 is 0 Å². The summed E-state index contributed by atoms with van der Waals surface area (Å²) >= 11 is 1.79. The number of hydrogen-bond donors (Lipinski definition) is 1. The van der Waals surface area contributed by atoms with Gasteiger partial charge < -0.3 is 5.32 Å². The minimum Gasteiger partial charge on any atom is -0.311 e. The van der Waals surface area contributed by atoms with Gasteiger partial charge in [-0.05, 0) is 49.1 Å². The van der Waals surface area contributed by atoms with Crippen LogP contribution in [0.25, 0.3) is 0 Å². The number of thiophene rings is 1. The maximum Gasteiger partial charge on any atom is 0.00819 e. The van der Waals surface area contributed by atoms with Gasteiger partial charge in [0.05, 0.1) is 0 Å². The van der Waals surface area contributed by atoms with Crippen molar-refractivity contribution in [2.24, 2.45) is 0 Å². The van der Waals surface area contributed by atoms with E-state index in [-0.39, 0.29) is 0 Å². The van der Waals surface area contributed by atoms with E-state index in [1.54, 1.807) is 11.3 Å². The van der Waals surface area contributed by atoms with Crippen LogP contribution in [0.3, 0.4) is 0 Å². The second-order valence-electron chi connectivity index (χ2n) is 5.15. The second-order valence-corrected chi connectivity index (χ2v) is 5.93. The Bertz CT molecular complexity index is 268. The number of nitrogens with one attached hydrogen (secondary N) is 1. The molecule has 17 heavy (non-hydrogen) atoms. The Morgan fingerprint density at radius 3 is 2.65 bits per heavy atom. The lowest BCUT2D eigenvalue weighted by Gasteiger charge is -2.19. The van der Waals surface area contributed by atoms with Crippen molar-refractivity contribution in [3.8, 4) is 0 Å². The molecule has 0 saturated heterocycles. The Kier molecular flexibility index (Phi) is 7.54. The van der Waals surface area contributed by atoms with Crippen molar-refractivity contribution < 1.29 is 0 Å². The zero-order valence-corrected chi connectivity index (χ0v) is 12.4. The first-order chi connectivity index (χ1) is 8.22. The minimum atomic E-state index is 0.589. The maximum absolute atomic E-state index is 3.70. The molecule has 0 aromatic carbocycles. The van der Waals surface area contributed by atoms with Gasteiger partial charge in [-0.2, -0.15) is 11.3 Å². The fraction of sp³-hybridized carbons (Fsp3) is 0.733. The first-order valence-corrected chi connectivity index (χ1v) is 7.93. The molecule has 98 valence electrons. The topological polar surface area (TPSA) is 12.0 Å². The van der Waals surface area contributed by atoms with Crippen LogP contribution in [0, 0.1) is 0 Å². The van der Waals surface area contributed by atoms with E-state index >= 15 is 0 Å². The summed E-state index contributed by atoms with van der Waals surface area (Å²) in [5.74, 6) is 0. The van der Waals surface area contributed by atoms with Crippen molar-refractivity contribution in [1.82, 2.24) is 5.32 Å². The quantitative estimate of drug-likeness (QED) is 0.633. The number of unbranched alkanes of at least 4 members (excludes halogenated alkanes) is 3. The van der Waals surface area contributed by atoms with Gasteiger partial charge in [-0.25, -0.2) is 0 Å². The summed E-state index contributed by atoms with van der Waals surface area (Å²) in [5, 5.41) is 8.12. The molecule has 1 aromatic rings. The smallest absolute Gasteiger partial charge is 0.00819 e. The molecule has 0 aliphatic carbocycles. The molecule has 0 fully saturated rings. The highest BCUT2D eigenvalue weighted by atomic mass is 32.1. The van der Waals surface area contributed by atoms with Gasteiger partial charge in [0.25, 0.3) is 0 Å². The Morgan fingerprint density at radius 1 is 1.18 bits per heavy atom. The van der Waals surface area contributed by atoms with Gasteiger partial charge in [-0.1, -0.05) is 32.6 Å². The van der Waals surface area contributed by atoms with Crippen LogP contribution in [0.5, 0.6) is 0 Å². The monoisotopic (exact) mass is 253 g/mol. The number of hydrogen-bond acceptors (Lipinski definition) is 2. The van der Waals surface area contributed by atoms with Crippen LogP contribution in [-0.2, 0) is 6.42 Å². The highest BCUT2D eigenvalue weighted by Gasteiger charge is 2.08. The Labute approximate surface area is 111 Å². The molecule has 1 heterocycles. The highest BCUT2D eigenvalue weighted by molar-refractivity contribution is 7.07. The van der Waals surface area contributed by atoms with Crippen LogP contribution in [0.1, 0.15) is 58.4 Å². The Morgan fingerprint density at radius 2 is 2.00 bits per heavy atom. The molecule has 2 unspecified atom stereocenters. The standard InChI is InChI=1S/C15H27NS/c1-4-5-6-7-8-13(2)16-14(3)11-15-9-10-17-12-15/h9-10,12-14,16H,4-8,11H2,1-3H3. The summed E-state index contributed by atoms with van der Waals surface area (Å²) in [6, 6.07) is 3.47. The zero-order valence-electron chi connectivity index (χ0n) is 11.5. The molecule has 0 saturated carbocycles. The van der Waals surface area contributed by atoms with Crippen molar-refractivity contribution in [2.45, 2.75) is 71.4 Å². The molecule has 0 aliphatic rings. The summed E-state index contributed by atoms with van der Waals surface area (Å²) in [5.41, 5.74) is 1.47. The molecule has 0 spiro atoms. The first kappa shape index (κ1) is 14.7. The normalized spacial score (nSPS) is 14.8. The summed E-state index contributed by atoms with van der Waals surface area (Å²) in [4.78, 5) is 0. The largest absolute Gasteiger partial charge is 0.311 e. The SMILES string of the molecule is CCCCCCC(C)NC(C)Cc1ccsc1. The molecule has 2 heteroatoms. The van der Waals surface area contributed by atoms with E-state index in [2.05, 4.69) is 42.9 Å². The van der Waals surface area contributed by atoms with Gasteiger partial charge in [0.2, 0.25) is 0 Å². The van der Waals surface area contributed by atoms with Crippen LogP contribution < -0.4 is 5.32 Å². The van der Waals surface area contributed by atoms with Crippen molar-refractivity contribution in [3.05, 3.63) is 22.4 Å². The molecular weight excluding hydrogens is 226 g/mol. The van der Waals surface area contributed by atoms with Gasteiger partial charge in [0, 0.05) is 12.1 Å². The third-order valence-corrected chi connectivity index (χ3v) is 3.91. The molecule has 1 rings (SSSR count). The van der Waals surface area contributed by atoms with Gasteiger partial charge in [-0.15, -0.1) is 0 Å². The van der Waals surface area contributed by atoms with Crippen molar-refractivity contribution in [2.75, 3.05) is 0 Å². The van der Waals surface area contributed by atoms with Gasteiger partial charge in [0.1, 0.15) is 0 Å². The van der Waals surface area contributed by atoms with E-state index in [1.165, 1.54) is 37.7 Å². The maximum atomic E-state index is 3.70. The van der Waals surface area contributed by atoms with E-state index in [4.69, 9.17) is 0 Å². The van der Waals surface area contributed by atoms with Crippen LogP contribution in [0.2, 0.25) is 0 Å². The molecular formula is C15H27NS. The predicted molar refractivity (Wildman–Crippen MR) is 78.8 cm³/mol. The van der Waals surface area contributed by atoms with Crippen molar-refractivity contribution >= 4 is 11.3 Å².